The zero-order valence-electron chi connectivity index (χ0n) is 6.46. The van der Waals surface area contributed by atoms with Gasteiger partial charge in [0.1, 0.15) is 0 Å². The topological polar surface area (TPSA) is 26.3 Å². The molecule has 0 amide bonds. The van der Waals surface area contributed by atoms with Crippen LogP contribution in [0.3, 0.4) is 0 Å². The minimum Gasteiger partial charge on any atom is -0.465 e. The van der Waals surface area contributed by atoms with E-state index in [9.17, 15) is 4.79 Å². The SMILES string of the molecule is CC(C)CCOC(=O)CS. The zero-order chi connectivity index (χ0) is 7.98. The molecule has 0 unspecified atom stereocenters. The lowest BCUT2D eigenvalue weighted by molar-refractivity contribution is -0.140. The number of rotatable bonds is 4. The summed E-state index contributed by atoms with van der Waals surface area (Å²) in [7, 11) is 0. The van der Waals surface area contributed by atoms with Crippen molar-refractivity contribution in [3.63, 3.8) is 0 Å². The van der Waals surface area contributed by atoms with Crippen LogP contribution in [0.15, 0.2) is 0 Å². The fourth-order valence-electron chi connectivity index (χ4n) is 0.454. The number of ether oxygens (including phenoxy) is 1. The first-order valence-electron chi connectivity index (χ1n) is 3.43. The molecule has 0 saturated carbocycles. The van der Waals surface area contributed by atoms with Gasteiger partial charge in [-0.25, -0.2) is 0 Å². The number of thiol groups is 1. The van der Waals surface area contributed by atoms with E-state index < -0.39 is 0 Å². The molecular weight excluding hydrogens is 148 g/mol. The van der Waals surface area contributed by atoms with Crippen molar-refractivity contribution in [2.24, 2.45) is 5.92 Å². The molecule has 0 aromatic carbocycles. The number of carbonyl (C=O) groups is 1. The molecule has 3 heteroatoms. The maximum absolute atomic E-state index is 10.5. The zero-order valence-corrected chi connectivity index (χ0v) is 7.36. The second kappa shape index (κ2) is 5.59. The molecule has 0 bridgehead atoms. The number of hydrogen-bond donors (Lipinski definition) is 1. The summed E-state index contributed by atoms with van der Waals surface area (Å²) < 4.78 is 4.79. The maximum atomic E-state index is 10.5. The van der Waals surface area contributed by atoms with Crippen LogP contribution >= 0.6 is 12.6 Å². The summed E-state index contributed by atoms with van der Waals surface area (Å²) in [4.78, 5) is 10.5. The predicted octanol–water partition coefficient (Wildman–Crippen LogP) is 1.51. The molecule has 0 atom stereocenters. The molecule has 2 nitrogen and oxygen atoms in total. The lowest BCUT2D eigenvalue weighted by atomic mass is 10.1. The molecule has 0 aromatic heterocycles. The van der Waals surface area contributed by atoms with Crippen LogP contribution in [0.1, 0.15) is 20.3 Å². The normalized spacial score (nSPS) is 10.0. The molecule has 0 radical (unpaired) electrons. The van der Waals surface area contributed by atoms with Crippen molar-refractivity contribution in [3.05, 3.63) is 0 Å². The average molecular weight is 162 g/mol. The second-order valence-corrected chi connectivity index (χ2v) is 2.88. The highest BCUT2D eigenvalue weighted by Gasteiger charge is 1.98. The molecule has 0 spiro atoms. The Morgan fingerprint density at radius 3 is 2.60 bits per heavy atom. The first kappa shape index (κ1) is 9.82. The van der Waals surface area contributed by atoms with Crippen LogP contribution in [0.4, 0.5) is 0 Å². The van der Waals surface area contributed by atoms with Gasteiger partial charge in [-0.15, -0.1) is 0 Å². The largest absolute Gasteiger partial charge is 0.465 e. The van der Waals surface area contributed by atoms with Crippen molar-refractivity contribution in [2.75, 3.05) is 12.4 Å². The lowest BCUT2D eigenvalue weighted by Crippen LogP contribution is -2.08. The van der Waals surface area contributed by atoms with E-state index in [1.165, 1.54) is 0 Å². The summed E-state index contributed by atoms with van der Waals surface area (Å²) in [5, 5.41) is 0. The fraction of sp³-hybridized carbons (Fsp3) is 0.857. The lowest BCUT2D eigenvalue weighted by Gasteiger charge is -2.04. The number of carbonyl (C=O) groups excluding carboxylic acids is 1. The van der Waals surface area contributed by atoms with Gasteiger partial charge in [0.15, 0.2) is 0 Å². The van der Waals surface area contributed by atoms with Crippen LogP contribution in [0.2, 0.25) is 0 Å². The van der Waals surface area contributed by atoms with E-state index in [0.29, 0.717) is 12.5 Å². The van der Waals surface area contributed by atoms with E-state index in [-0.39, 0.29) is 11.7 Å². The number of hydrogen-bond acceptors (Lipinski definition) is 3. The summed E-state index contributed by atoms with van der Waals surface area (Å²) in [5.74, 6) is 0.537. The fourth-order valence-corrected chi connectivity index (χ4v) is 0.545. The maximum Gasteiger partial charge on any atom is 0.315 e. The molecule has 0 saturated heterocycles. The minimum absolute atomic E-state index is 0.179. The second-order valence-electron chi connectivity index (χ2n) is 2.56. The Bertz CT molecular complexity index is 102. The molecular formula is C7H14O2S. The van der Waals surface area contributed by atoms with Gasteiger partial charge < -0.3 is 4.74 Å². The Morgan fingerprint density at radius 2 is 2.20 bits per heavy atom. The van der Waals surface area contributed by atoms with Crippen LogP contribution in [0, 0.1) is 5.92 Å². The summed E-state index contributed by atoms with van der Waals surface area (Å²) in [6.07, 6.45) is 0.930. The average Bonchev–Trinajstić information content (AvgIpc) is 1.87. The third kappa shape index (κ3) is 5.95. The van der Waals surface area contributed by atoms with E-state index in [1.807, 2.05) is 0 Å². The van der Waals surface area contributed by atoms with E-state index >= 15 is 0 Å². The highest BCUT2D eigenvalue weighted by Crippen LogP contribution is 1.98. The summed E-state index contributed by atoms with van der Waals surface area (Å²) in [6, 6.07) is 0. The van der Waals surface area contributed by atoms with E-state index in [4.69, 9.17) is 4.74 Å². The Morgan fingerprint density at radius 1 is 1.60 bits per heavy atom. The van der Waals surface area contributed by atoms with Crippen molar-refractivity contribution in [2.45, 2.75) is 20.3 Å². The highest BCUT2D eigenvalue weighted by atomic mass is 32.1. The molecule has 0 aliphatic carbocycles. The standard InChI is InChI=1S/C7H14O2S/c1-6(2)3-4-9-7(8)5-10/h6,10H,3-5H2,1-2H3. The summed E-state index contributed by atoms with van der Waals surface area (Å²) >= 11 is 3.77. The van der Waals surface area contributed by atoms with Crippen molar-refractivity contribution in [1.82, 2.24) is 0 Å². The quantitative estimate of drug-likeness (QED) is 0.501. The van der Waals surface area contributed by atoms with Gasteiger partial charge in [0.2, 0.25) is 0 Å². The Labute approximate surface area is 67.4 Å². The van der Waals surface area contributed by atoms with Gasteiger partial charge in [0, 0.05) is 0 Å². The highest BCUT2D eigenvalue weighted by molar-refractivity contribution is 7.81. The Balaban J connectivity index is 3.12. The van der Waals surface area contributed by atoms with E-state index in [0.717, 1.165) is 6.42 Å². The van der Waals surface area contributed by atoms with Crippen LogP contribution < -0.4 is 0 Å². The molecule has 10 heavy (non-hydrogen) atoms. The first-order chi connectivity index (χ1) is 4.66. The van der Waals surface area contributed by atoms with Crippen LogP contribution in [-0.2, 0) is 9.53 Å². The van der Waals surface area contributed by atoms with Gasteiger partial charge in [0.25, 0.3) is 0 Å². The van der Waals surface area contributed by atoms with Crippen molar-refractivity contribution in [1.29, 1.82) is 0 Å². The Hall–Kier alpha value is -0.180. The van der Waals surface area contributed by atoms with E-state index in [1.54, 1.807) is 0 Å². The molecule has 0 heterocycles. The minimum atomic E-state index is -0.232. The Kier molecular flexibility index (Phi) is 5.49. The predicted molar refractivity (Wildman–Crippen MR) is 44.3 cm³/mol. The molecule has 60 valence electrons. The van der Waals surface area contributed by atoms with Crippen molar-refractivity contribution >= 4 is 18.6 Å². The van der Waals surface area contributed by atoms with Crippen molar-refractivity contribution in [3.8, 4) is 0 Å². The summed E-state index contributed by atoms with van der Waals surface area (Å²) in [6.45, 7) is 4.71. The van der Waals surface area contributed by atoms with Gasteiger partial charge in [-0.1, -0.05) is 13.8 Å². The molecule has 0 N–H and O–H groups in total. The summed E-state index contributed by atoms with van der Waals surface area (Å²) in [5.41, 5.74) is 0. The molecule has 0 aliphatic heterocycles. The van der Waals surface area contributed by atoms with Gasteiger partial charge in [-0.3, -0.25) is 4.79 Å². The van der Waals surface area contributed by atoms with Crippen molar-refractivity contribution < 1.29 is 9.53 Å². The molecule has 0 aliphatic rings. The van der Waals surface area contributed by atoms with Gasteiger partial charge in [-0.05, 0) is 12.3 Å². The smallest absolute Gasteiger partial charge is 0.315 e. The monoisotopic (exact) mass is 162 g/mol. The van der Waals surface area contributed by atoms with Gasteiger partial charge >= 0.3 is 5.97 Å². The van der Waals surface area contributed by atoms with Crippen LogP contribution in [0.25, 0.3) is 0 Å². The molecule has 0 rings (SSSR count). The van der Waals surface area contributed by atoms with Gasteiger partial charge in [0.05, 0.1) is 12.4 Å². The van der Waals surface area contributed by atoms with Crippen LogP contribution in [-0.4, -0.2) is 18.3 Å². The third-order valence-electron chi connectivity index (χ3n) is 1.09. The number of esters is 1. The van der Waals surface area contributed by atoms with E-state index in [2.05, 4.69) is 26.5 Å². The van der Waals surface area contributed by atoms with Crippen LogP contribution in [0.5, 0.6) is 0 Å². The molecule has 0 fully saturated rings. The molecule has 0 aromatic rings. The third-order valence-corrected chi connectivity index (χ3v) is 1.35. The van der Waals surface area contributed by atoms with Gasteiger partial charge in [-0.2, -0.15) is 12.6 Å². The first-order valence-corrected chi connectivity index (χ1v) is 4.06.